The lowest BCUT2D eigenvalue weighted by atomic mass is 9.95. The molecule has 2 atom stereocenters. The Morgan fingerprint density at radius 1 is 1.60 bits per heavy atom. The third-order valence-electron chi connectivity index (χ3n) is 3.18. The van der Waals surface area contributed by atoms with E-state index < -0.39 is 0 Å². The Labute approximate surface area is 94.4 Å². The molecule has 2 nitrogen and oxygen atoms in total. The fourth-order valence-corrected chi connectivity index (χ4v) is 2.25. The van der Waals surface area contributed by atoms with Crippen molar-refractivity contribution in [2.45, 2.75) is 18.8 Å². The standard InChI is InChI=1S/C12H12ClNO/c1-8-6-12(8,7-14)9-3-4-11(15-2)10(13)5-9/h3-5,8H,6H2,1-2H3. The van der Waals surface area contributed by atoms with Gasteiger partial charge < -0.3 is 4.74 Å². The minimum atomic E-state index is -0.310. The summed E-state index contributed by atoms with van der Waals surface area (Å²) in [4.78, 5) is 0. The van der Waals surface area contributed by atoms with Gasteiger partial charge in [0, 0.05) is 0 Å². The molecule has 0 spiro atoms. The predicted molar refractivity (Wildman–Crippen MR) is 59.1 cm³/mol. The first-order valence-electron chi connectivity index (χ1n) is 4.89. The number of nitrogens with zero attached hydrogens (tertiary/aromatic N) is 1. The maximum atomic E-state index is 9.17. The molecule has 3 heteroatoms. The third-order valence-corrected chi connectivity index (χ3v) is 3.47. The first-order valence-corrected chi connectivity index (χ1v) is 5.27. The van der Waals surface area contributed by atoms with Crippen LogP contribution in [0, 0.1) is 17.2 Å². The van der Waals surface area contributed by atoms with E-state index in [0.717, 1.165) is 12.0 Å². The lowest BCUT2D eigenvalue weighted by Crippen LogP contribution is -2.05. The summed E-state index contributed by atoms with van der Waals surface area (Å²) in [7, 11) is 1.58. The van der Waals surface area contributed by atoms with Crippen molar-refractivity contribution in [3.8, 4) is 11.8 Å². The molecular formula is C12H12ClNO. The summed E-state index contributed by atoms with van der Waals surface area (Å²) >= 11 is 6.03. The average molecular weight is 222 g/mol. The molecule has 15 heavy (non-hydrogen) atoms. The lowest BCUT2D eigenvalue weighted by Gasteiger charge is -2.10. The molecule has 0 amide bonds. The molecule has 1 aliphatic rings. The van der Waals surface area contributed by atoms with E-state index in [-0.39, 0.29) is 5.41 Å². The quantitative estimate of drug-likeness (QED) is 0.769. The minimum Gasteiger partial charge on any atom is -0.495 e. The van der Waals surface area contributed by atoms with E-state index in [1.165, 1.54) is 0 Å². The van der Waals surface area contributed by atoms with Crippen molar-refractivity contribution in [1.82, 2.24) is 0 Å². The smallest absolute Gasteiger partial charge is 0.137 e. The maximum Gasteiger partial charge on any atom is 0.137 e. The van der Waals surface area contributed by atoms with Gasteiger partial charge >= 0.3 is 0 Å². The van der Waals surface area contributed by atoms with Gasteiger partial charge in [-0.15, -0.1) is 0 Å². The van der Waals surface area contributed by atoms with E-state index in [9.17, 15) is 5.26 Å². The molecule has 0 aromatic heterocycles. The van der Waals surface area contributed by atoms with Crippen molar-refractivity contribution in [1.29, 1.82) is 5.26 Å². The number of hydrogen-bond donors (Lipinski definition) is 0. The van der Waals surface area contributed by atoms with E-state index in [4.69, 9.17) is 16.3 Å². The topological polar surface area (TPSA) is 33.0 Å². The van der Waals surface area contributed by atoms with Gasteiger partial charge in [-0.1, -0.05) is 24.6 Å². The summed E-state index contributed by atoms with van der Waals surface area (Å²) in [6, 6.07) is 7.97. The number of halogens is 1. The van der Waals surface area contributed by atoms with Crippen molar-refractivity contribution < 1.29 is 4.74 Å². The second-order valence-corrected chi connectivity index (χ2v) is 4.44. The van der Waals surface area contributed by atoms with Crippen molar-refractivity contribution in [2.75, 3.05) is 7.11 Å². The molecule has 0 N–H and O–H groups in total. The Bertz CT molecular complexity index is 438. The van der Waals surface area contributed by atoms with Crippen LogP contribution < -0.4 is 4.74 Å². The van der Waals surface area contributed by atoms with Gasteiger partial charge in [-0.25, -0.2) is 0 Å². The number of rotatable bonds is 2. The summed E-state index contributed by atoms with van der Waals surface area (Å²) < 4.78 is 5.08. The molecule has 0 aliphatic heterocycles. The monoisotopic (exact) mass is 221 g/mol. The van der Waals surface area contributed by atoms with Gasteiger partial charge in [0.1, 0.15) is 5.75 Å². The second kappa shape index (κ2) is 3.43. The molecule has 2 rings (SSSR count). The van der Waals surface area contributed by atoms with Crippen LogP contribution in [0.3, 0.4) is 0 Å². The highest BCUT2D eigenvalue weighted by Gasteiger charge is 2.53. The van der Waals surface area contributed by atoms with Crippen LogP contribution >= 0.6 is 11.6 Å². The second-order valence-electron chi connectivity index (χ2n) is 4.04. The van der Waals surface area contributed by atoms with Crippen LogP contribution in [0.4, 0.5) is 0 Å². The SMILES string of the molecule is COc1ccc(C2(C#N)CC2C)cc1Cl. The van der Waals surface area contributed by atoms with Crippen molar-refractivity contribution in [3.63, 3.8) is 0 Å². The van der Waals surface area contributed by atoms with Crippen LogP contribution in [0.1, 0.15) is 18.9 Å². The summed E-state index contributed by atoms with van der Waals surface area (Å²) in [6.07, 6.45) is 0.923. The maximum absolute atomic E-state index is 9.17. The van der Waals surface area contributed by atoms with Gasteiger partial charge in [0.2, 0.25) is 0 Å². The fraction of sp³-hybridized carbons (Fsp3) is 0.417. The minimum absolute atomic E-state index is 0.310. The molecule has 1 aromatic rings. The Hall–Kier alpha value is -1.20. The van der Waals surface area contributed by atoms with Gasteiger partial charge in [-0.2, -0.15) is 5.26 Å². The molecule has 0 bridgehead atoms. The number of nitriles is 1. The van der Waals surface area contributed by atoms with Crippen molar-refractivity contribution >= 4 is 11.6 Å². The molecule has 1 saturated carbocycles. The molecule has 0 heterocycles. The number of methoxy groups -OCH3 is 1. The molecule has 1 aromatic carbocycles. The molecule has 1 aliphatic carbocycles. The van der Waals surface area contributed by atoms with Crippen LogP contribution in [-0.4, -0.2) is 7.11 Å². The zero-order valence-corrected chi connectivity index (χ0v) is 9.51. The number of ether oxygens (including phenoxy) is 1. The third kappa shape index (κ3) is 1.48. The molecular weight excluding hydrogens is 210 g/mol. The zero-order valence-electron chi connectivity index (χ0n) is 8.75. The van der Waals surface area contributed by atoms with E-state index in [0.29, 0.717) is 16.7 Å². The molecule has 2 unspecified atom stereocenters. The summed E-state index contributed by atoms with van der Waals surface area (Å²) in [6.45, 7) is 2.08. The fourth-order valence-electron chi connectivity index (χ4n) is 1.99. The van der Waals surface area contributed by atoms with Crippen LogP contribution in [-0.2, 0) is 5.41 Å². The van der Waals surface area contributed by atoms with Gasteiger partial charge in [-0.05, 0) is 30.0 Å². The van der Waals surface area contributed by atoms with Gasteiger partial charge in [0.25, 0.3) is 0 Å². The van der Waals surface area contributed by atoms with Crippen LogP contribution in [0.15, 0.2) is 18.2 Å². The van der Waals surface area contributed by atoms with Gasteiger partial charge in [-0.3, -0.25) is 0 Å². The molecule has 0 radical (unpaired) electrons. The highest BCUT2D eigenvalue weighted by atomic mass is 35.5. The number of hydrogen-bond acceptors (Lipinski definition) is 2. The average Bonchev–Trinajstić information content (AvgIpc) is 2.91. The summed E-state index contributed by atoms with van der Waals surface area (Å²) in [5, 5.41) is 9.75. The highest BCUT2D eigenvalue weighted by Crippen LogP contribution is 2.54. The first kappa shape index (κ1) is 10.3. The molecule has 0 saturated heterocycles. The molecule has 78 valence electrons. The van der Waals surface area contributed by atoms with Crippen LogP contribution in [0.25, 0.3) is 0 Å². The number of benzene rings is 1. The van der Waals surface area contributed by atoms with Gasteiger partial charge in [0.15, 0.2) is 0 Å². The van der Waals surface area contributed by atoms with Crippen molar-refractivity contribution in [3.05, 3.63) is 28.8 Å². The van der Waals surface area contributed by atoms with Gasteiger partial charge in [0.05, 0.1) is 23.6 Å². The Balaban J connectivity index is 2.40. The van der Waals surface area contributed by atoms with E-state index in [1.54, 1.807) is 7.11 Å². The zero-order chi connectivity index (χ0) is 11.1. The molecule has 1 fully saturated rings. The van der Waals surface area contributed by atoms with E-state index in [1.807, 2.05) is 18.2 Å². The summed E-state index contributed by atoms with van der Waals surface area (Å²) in [5.41, 5.74) is 0.693. The Kier molecular flexibility index (Phi) is 2.36. The largest absolute Gasteiger partial charge is 0.495 e. The van der Waals surface area contributed by atoms with Crippen molar-refractivity contribution in [2.24, 2.45) is 5.92 Å². The Morgan fingerprint density at radius 2 is 2.27 bits per heavy atom. The first-order chi connectivity index (χ1) is 7.14. The highest BCUT2D eigenvalue weighted by molar-refractivity contribution is 6.32. The lowest BCUT2D eigenvalue weighted by molar-refractivity contribution is 0.415. The van der Waals surface area contributed by atoms with Crippen LogP contribution in [0.5, 0.6) is 5.75 Å². The van der Waals surface area contributed by atoms with E-state index >= 15 is 0 Å². The predicted octanol–water partition coefficient (Wildman–Crippen LogP) is 3.15. The normalized spacial score (nSPS) is 28.3. The van der Waals surface area contributed by atoms with E-state index in [2.05, 4.69) is 13.0 Å². The van der Waals surface area contributed by atoms with Crippen LogP contribution in [0.2, 0.25) is 5.02 Å². The Morgan fingerprint density at radius 3 is 2.67 bits per heavy atom. The summed E-state index contributed by atoms with van der Waals surface area (Å²) in [5.74, 6) is 1.08.